The first-order valence-electron chi connectivity index (χ1n) is 5.00. The molecule has 0 atom stereocenters. The number of carbonyl (C=O) groups excluding carboxylic acids is 1. The van der Waals surface area contributed by atoms with Crippen molar-refractivity contribution in [2.75, 3.05) is 5.32 Å². The lowest BCUT2D eigenvalue weighted by molar-refractivity contribution is 0.102. The number of amides is 1. The predicted octanol–water partition coefficient (Wildman–Crippen LogP) is 2.03. The molecule has 88 valence electrons. The summed E-state index contributed by atoms with van der Waals surface area (Å²) >= 11 is 5.84. The fraction of sp³-hybridized carbons (Fsp3) is 0.182. The Balaban J connectivity index is 2.18. The zero-order chi connectivity index (χ0) is 12.4. The number of benzene rings is 1. The van der Waals surface area contributed by atoms with E-state index in [0.29, 0.717) is 10.7 Å². The molecule has 0 saturated heterocycles. The maximum absolute atomic E-state index is 11.8. The minimum Gasteiger partial charge on any atom is -0.320 e. The van der Waals surface area contributed by atoms with Gasteiger partial charge in [0, 0.05) is 17.8 Å². The number of hydrogen-bond donors (Lipinski definition) is 1. The van der Waals surface area contributed by atoms with Gasteiger partial charge in [-0.1, -0.05) is 11.6 Å². The van der Waals surface area contributed by atoms with Gasteiger partial charge in [0.15, 0.2) is 5.69 Å². The van der Waals surface area contributed by atoms with E-state index in [0.717, 1.165) is 5.56 Å². The van der Waals surface area contributed by atoms with Crippen LogP contribution in [0.5, 0.6) is 0 Å². The Bertz CT molecular complexity index is 564. The lowest BCUT2D eigenvalue weighted by Gasteiger charge is -2.06. The first-order chi connectivity index (χ1) is 8.06. The average Bonchev–Trinajstić information content (AvgIpc) is 2.69. The van der Waals surface area contributed by atoms with Crippen LogP contribution in [0.25, 0.3) is 0 Å². The molecule has 1 N–H and O–H groups in total. The molecule has 0 spiro atoms. The number of aromatic nitrogens is 3. The van der Waals surface area contributed by atoms with Gasteiger partial charge < -0.3 is 5.32 Å². The van der Waals surface area contributed by atoms with Crippen molar-refractivity contribution in [2.45, 2.75) is 6.92 Å². The van der Waals surface area contributed by atoms with E-state index in [2.05, 4.69) is 15.5 Å². The largest absolute Gasteiger partial charge is 0.320 e. The Morgan fingerprint density at radius 3 is 2.82 bits per heavy atom. The summed E-state index contributed by atoms with van der Waals surface area (Å²) in [6.45, 7) is 1.87. The number of rotatable bonds is 2. The molecule has 1 heterocycles. The van der Waals surface area contributed by atoms with Gasteiger partial charge in [0.25, 0.3) is 5.91 Å². The van der Waals surface area contributed by atoms with Crippen molar-refractivity contribution < 1.29 is 4.79 Å². The van der Waals surface area contributed by atoms with Gasteiger partial charge in [-0.15, -0.1) is 5.10 Å². The highest BCUT2D eigenvalue weighted by Gasteiger charge is 2.11. The molecule has 17 heavy (non-hydrogen) atoms. The number of nitrogens with one attached hydrogen (secondary N) is 1. The standard InChI is InChI=1S/C11H11ClN4O/c1-7-5-8(12)3-4-9(7)14-11(17)10-6-13-16(2)15-10/h3-6H,1-2H3,(H,14,17). The van der Waals surface area contributed by atoms with E-state index in [-0.39, 0.29) is 11.6 Å². The molecular weight excluding hydrogens is 240 g/mol. The highest BCUT2D eigenvalue weighted by atomic mass is 35.5. The molecule has 2 aromatic rings. The van der Waals surface area contributed by atoms with Crippen molar-refractivity contribution in [3.63, 3.8) is 0 Å². The minimum atomic E-state index is -0.288. The first kappa shape index (κ1) is 11.6. The molecule has 0 radical (unpaired) electrons. The molecule has 1 amide bonds. The molecule has 0 aliphatic heterocycles. The van der Waals surface area contributed by atoms with Gasteiger partial charge >= 0.3 is 0 Å². The van der Waals surface area contributed by atoms with Crippen LogP contribution in [-0.4, -0.2) is 20.9 Å². The number of halogens is 1. The molecule has 0 bridgehead atoms. The topological polar surface area (TPSA) is 59.8 Å². The zero-order valence-corrected chi connectivity index (χ0v) is 10.2. The quantitative estimate of drug-likeness (QED) is 0.887. The van der Waals surface area contributed by atoms with Crippen LogP contribution in [0.4, 0.5) is 5.69 Å². The van der Waals surface area contributed by atoms with Crippen LogP contribution >= 0.6 is 11.6 Å². The molecule has 6 heteroatoms. The van der Waals surface area contributed by atoms with E-state index < -0.39 is 0 Å². The van der Waals surface area contributed by atoms with Crippen molar-refractivity contribution in [1.29, 1.82) is 0 Å². The van der Waals surface area contributed by atoms with E-state index in [1.165, 1.54) is 11.0 Å². The molecule has 1 aromatic heterocycles. The van der Waals surface area contributed by atoms with E-state index in [1.54, 1.807) is 25.2 Å². The van der Waals surface area contributed by atoms with Gasteiger partial charge in [-0.25, -0.2) is 0 Å². The summed E-state index contributed by atoms with van der Waals surface area (Å²) in [6, 6.07) is 5.26. The molecule has 5 nitrogen and oxygen atoms in total. The Morgan fingerprint density at radius 2 is 2.24 bits per heavy atom. The summed E-state index contributed by atoms with van der Waals surface area (Å²) in [5.41, 5.74) is 1.89. The summed E-state index contributed by atoms with van der Waals surface area (Å²) in [7, 11) is 1.66. The second kappa shape index (κ2) is 4.55. The van der Waals surface area contributed by atoms with Gasteiger partial charge in [0.05, 0.1) is 6.20 Å². The third-order valence-electron chi connectivity index (χ3n) is 2.27. The van der Waals surface area contributed by atoms with Crippen LogP contribution in [-0.2, 0) is 7.05 Å². The number of hydrogen-bond acceptors (Lipinski definition) is 3. The van der Waals surface area contributed by atoms with Crippen molar-refractivity contribution in [2.24, 2.45) is 7.05 Å². The van der Waals surface area contributed by atoms with E-state index in [9.17, 15) is 4.79 Å². The normalized spacial score (nSPS) is 10.3. The Morgan fingerprint density at radius 1 is 1.47 bits per heavy atom. The maximum atomic E-state index is 11.8. The van der Waals surface area contributed by atoms with E-state index >= 15 is 0 Å². The third kappa shape index (κ3) is 2.62. The Labute approximate surface area is 103 Å². The van der Waals surface area contributed by atoms with Crippen molar-refractivity contribution in [3.8, 4) is 0 Å². The number of carbonyl (C=O) groups is 1. The lowest BCUT2D eigenvalue weighted by Crippen LogP contribution is -2.13. The predicted molar refractivity (Wildman–Crippen MR) is 65.1 cm³/mol. The Hall–Kier alpha value is -1.88. The van der Waals surface area contributed by atoms with Crippen molar-refractivity contribution in [3.05, 3.63) is 40.7 Å². The molecule has 0 unspecified atom stereocenters. The highest BCUT2D eigenvalue weighted by molar-refractivity contribution is 6.30. The van der Waals surface area contributed by atoms with E-state index in [1.807, 2.05) is 6.92 Å². The van der Waals surface area contributed by atoms with Crippen molar-refractivity contribution >= 4 is 23.2 Å². The second-order valence-electron chi connectivity index (χ2n) is 3.63. The van der Waals surface area contributed by atoms with Gasteiger partial charge in [-0.2, -0.15) is 9.90 Å². The highest BCUT2D eigenvalue weighted by Crippen LogP contribution is 2.19. The minimum absolute atomic E-state index is 0.279. The van der Waals surface area contributed by atoms with Crippen LogP contribution in [0.15, 0.2) is 24.4 Å². The molecular formula is C11H11ClN4O. The Kier molecular flexibility index (Phi) is 3.10. The molecule has 0 saturated carbocycles. The first-order valence-corrected chi connectivity index (χ1v) is 5.38. The van der Waals surface area contributed by atoms with Gasteiger partial charge in [0.1, 0.15) is 0 Å². The number of anilines is 1. The molecule has 0 aliphatic carbocycles. The van der Waals surface area contributed by atoms with Crippen LogP contribution in [0.1, 0.15) is 16.1 Å². The van der Waals surface area contributed by atoms with Crippen LogP contribution in [0.2, 0.25) is 5.02 Å². The summed E-state index contributed by atoms with van der Waals surface area (Å²) in [4.78, 5) is 13.1. The third-order valence-corrected chi connectivity index (χ3v) is 2.50. The van der Waals surface area contributed by atoms with E-state index in [4.69, 9.17) is 11.6 Å². The van der Waals surface area contributed by atoms with Gasteiger partial charge in [0.2, 0.25) is 0 Å². The fourth-order valence-electron chi connectivity index (χ4n) is 1.40. The summed E-state index contributed by atoms with van der Waals surface area (Å²) in [5.74, 6) is -0.288. The number of aryl methyl sites for hydroxylation is 2. The van der Waals surface area contributed by atoms with Crippen LogP contribution in [0, 0.1) is 6.92 Å². The summed E-state index contributed by atoms with van der Waals surface area (Å²) in [6.07, 6.45) is 1.42. The summed E-state index contributed by atoms with van der Waals surface area (Å²) in [5, 5.41) is 11.2. The molecule has 2 rings (SSSR count). The monoisotopic (exact) mass is 250 g/mol. The molecule has 1 aromatic carbocycles. The van der Waals surface area contributed by atoms with Gasteiger partial charge in [-0.05, 0) is 30.7 Å². The fourth-order valence-corrected chi connectivity index (χ4v) is 1.63. The SMILES string of the molecule is Cc1cc(Cl)ccc1NC(=O)c1cnn(C)n1. The number of nitrogens with zero attached hydrogens (tertiary/aromatic N) is 3. The van der Waals surface area contributed by atoms with Gasteiger partial charge in [-0.3, -0.25) is 4.79 Å². The average molecular weight is 251 g/mol. The smallest absolute Gasteiger partial charge is 0.277 e. The van der Waals surface area contributed by atoms with Crippen LogP contribution in [0.3, 0.4) is 0 Å². The molecule has 0 aliphatic rings. The zero-order valence-electron chi connectivity index (χ0n) is 9.44. The van der Waals surface area contributed by atoms with Crippen molar-refractivity contribution in [1.82, 2.24) is 15.0 Å². The lowest BCUT2D eigenvalue weighted by atomic mass is 10.2. The maximum Gasteiger partial charge on any atom is 0.277 e. The van der Waals surface area contributed by atoms with Crippen LogP contribution < -0.4 is 5.32 Å². The molecule has 0 fully saturated rings. The second-order valence-corrected chi connectivity index (χ2v) is 4.07. The summed E-state index contributed by atoms with van der Waals surface area (Å²) < 4.78 is 0.